The van der Waals surface area contributed by atoms with E-state index in [0.717, 1.165) is 54.9 Å². The van der Waals surface area contributed by atoms with E-state index < -0.39 is 0 Å². The number of piperidine rings is 1. The van der Waals surface area contributed by atoms with Crippen molar-refractivity contribution in [1.29, 1.82) is 0 Å². The Morgan fingerprint density at radius 1 is 1.05 bits per heavy atom. The summed E-state index contributed by atoms with van der Waals surface area (Å²) >= 11 is 1.81. The number of aryl methyl sites for hydroxylation is 1. The molecule has 0 aliphatic carbocycles. The summed E-state index contributed by atoms with van der Waals surface area (Å²) in [7, 11) is 0. The van der Waals surface area contributed by atoms with Crippen molar-refractivity contribution in [1.82, 2.24) is 10.3 Å². The first kappa shape index (κ1) is 28.8. The molecule has 2 aromatic carbocycles. The van der Waals surface area contributed by atoms with E-state index in [1.165, 1.54) is 15.4 Å². The van der Waals surface area contributed by atoms with E-state index in [1.54, 1.807) is 0 Å². The maximum Gasteiger partial charge on any atom is 0.229 e. The second-order valence-corrected chi connectivity index (χ2v) is 11.6. The van der Waals surface area contributed by atoms with Crippen LogP contribution in [0.2, 0.25) is 0 Å². The van der Waals surface area contributed by atoms with Crippen LogP contribution in [0.25, 0.3) is 21.7 Å². The fourth-order valence-electron chi connectivity index (χ4n) is 4.82. The van der Waals surface area contributed by atoms with Crippen LogP contribution in [0.4, 0.5) is 0 Å². The molecule has 1 atom stereocenters. The molecule has 2 saturated heterocycles. The zero-order valence-corrected chi connectivity index (χ0v) is 24.1. The van der Waals surface area contributed by atoms with Gasteiger partial charge in [0.2, 0.25) is 11.8 Å². The number of aromatic nitrogens is 1. The van der Waals surface area contributed by atoms with E-state index in [1.807, 2.05) is 44.2 Å². The van der Waals surface area contributed by atoms with E-state index in [9.17, 15) is 14.4 Å². The van der Waals surface area contributed by atoms with Gasteiger partial charge in [-0.25, -0.2) is 4.98 Å². The number of hydrogen-bond donors (Lipinski definition) is 1. The summed E-state index contributed by atoms with van der Waals surface area (Å²) in [5.74, 6) is 0.419. The molecule has 2 amide bonds. The Hall–Kier alpha value is -3.16. The fourth-order valence-corrected chi connectivity index (χ4v) is 6.09. The fraction of sp³-hybridized carbons (Fsp3) is 0.438. The van der Waals surface area contributed by atoms with E-state index in [0.29, 0.717) is 18.8 Å². The number of ether oxygens (including phenoxy) is 1. The molecule has 2 fully saturated rings. The molecule has 1 unspecified atom stereocenters. The summed E-state index contributed by atoms with van der Waals surface area (Å²) in [6, 6.07) is 16.8. The van der Waals surface area contributed by atoms with Gasteiger partial charge in [-0.15, -0.1) is 11.3 Å². The van der Waals surface area contributed by atoms with Crippen molar-refractivity contribution in [2.24, 2.45) is 11.8 Å². The van der Waals surface area contributed by atoms with Crippen LogP contribution in [0, 0.1) is 11.8 Å². The lowest BCUT2D eigenvalue weighted by Gasteiger charge is -2.19. The van der Waals surface area contributed by atoms with E-state index >= 15 is 0 Å². The van der Waals surface area contributed by atoms with Crippen LogP contribution < -0.4 is 5.32 Å². The lowest BCUT2D eigenvalue weighted by Crippen LogP contribution is -2.39. The molecule has 2 aliphatic rings. The summed E-state index contributed by atoms with van der Waals surface area (Å²) in [5, 5.41) is 3.45. The highest BCUT2D eigenvalue weighted by Crippen LogP contribution is 2.41. The summed E-state index contributed by atoms with van der Waals surface area (Å²) in [5.41, 5.74) is 5.28. The third kappa shape index (κ3) is 7.08. The van der Waals surface area contributed by atoms with Gasteiger partial charge in [-0.2, -0.15) is 0 Å². The first-order valence-electron chi connectivity index (χ1n) is 13.9. The Kier molecular flexibility index (Phi) is 9.81. The number of benzene rings is 2. The monoisotopic (exact) mass is 546 g/mol. The highest BCUT2D eigenvalue weighted by Gasteiger charge is 2.24. The van der Waals surface area contributed by atoms with Gasteiger partial charge < -0.3 is 4.74 Å². The number of nitrogens with zero attached hydrogens (tertiary/aromatic N) is 1. The molecule has 0 radical (unpaired) electrons. The number of hydrogen-bond acceptors (Lipinski definition) is 6. The zero-order chi connectivity index (χ0) is 27.9. The number of nitrogens with one attached hydrogen (secondary N) is 1. The second-order valence-electron chi connectivity index (χ2n) is 10.6. The maximum absolute atomic E-state index is 12.6. The third-order valence-electron chi connectivity index (χ3n) is 7.31. The van der Waals surface area contributed by atoms with Crippen molar-refractivity contribution < 1.29 is 19.1 Å². The minimum Gasteiger partial charge on any atom is -0.381 e. The van der Waals surface area contributed by atoms with Crippen LogP contribution in [-0.2, 0) is 20.7 Å². The van der Waals surface area contributed by atoms with Gasteiger partial charge in [-0.1, -0.05) is 70.2 Å². The van der Waals surface area contributed by atoms with E-state index in [-0.39, 0.29) is 29.4 Å². The quantitative estimate of drug-likeness (QED) is 0.271. The van der Waals surface area contributed by atoms with Crippen LogP contribution in [0.3, 0.4) is 0 Å². The number of amides is 2. The van der Waals surface area contributed by atoms with Crippen molar-refractivity contribution >= 4 is 28.9 Å². The van der Waals surface area contributed by atoms with Crippen LogP contribution >= 0.6 is 11.3 Å². The molecule has 2 aliphatic heterocycles. The molecule has 39 heavy (non-hydrogen) atoms. The Labute approximate surface area is 235 Å². The number of rotatable bonds is 6. The molecule has 3 aromatic rings. The standard InChI is InChI=1S/C26H29NO2S.C6H9NO2/c1-4-18-16-21(10-11-22(18)24(28)17(2)3)23-25(19-8-6-5-7-9-19)30-26(27-23)20-12-14-29-15-13-20;1-4-2-3-5(8)7-6(4)9/h5-11,16-17,20H,4,12-15H2,1-3H3;4H,2-3H2,1H3,(H,7,8,9). The highest BCUT2D eigenvalue weighted by atomic mass is 32.1. The van der Waals surface area contributed by atoms with Crippen molar-refractivity contribution in [2.75, 3.05) is 13.2 Å². The lowest BCUT2D eigenvalue weighted by atomic mass is 9.92. The predicted octanol–water partition coefficient (Wildman–Crippen LogP) is 6.83. The van der Waals surface area contributed by atoms with Crippen molar-refractivity contribution in [3.63, 3.8) is 0 Å². The molecule has 206 valence electrons. The largest absolute Gasteiger partial charge is 0.381 e. The van der Waals surface area contributed by atoms with Gasteiger partial charge in [0.1, 0.15) is 0 Å². The molecule has 1 aromatic heterocycles. The maximum atomic E-state index is 12.6. The van der Waals surface area contributed by atoms with E-state index in [4.69, 9.17) is 9.72 Å². The van der Waals surface area contributed by atoms with Crippen LogP contribution in [0.1, 0.15) is 80.2 Å². The van der Waals surface area contributed by atoms with Crippen LogP contribution in [0.5, 0.6) is 0 Å². The molecular weight excluding hydrogens is 508 g/mol. The third-order valence-corrected chi connectivity index (χ3v) is 8.58. The molecule has 0 spiro atoms. The Morgan fingerprint density at radius 3 is 2.38 bits per heavy atom. The molecule has 0 bridgehead atoms. The molecule has 1 N–H and O–H groups in total. The number of carbonyl (C=O) groups excluding carboxylic acids is 3. The zero-order valence-electron chi connectivity index (χ0n) is 23.3. The smallest absolute Gasteiger partial charge is 0.229 e. The predicted molar refractivity (Wildman–Crippen MR) is 156 cm³/mol. The van der Waals surface area contributed by atoms with Gasteiger partial charge in [0.25, 0.3) is 0 Å². The molecule has 3 heterocycles. The minimum atomic E-state index is -0.141. The van der Waals surface area contributed by atoms with Crippen LogP contribution in [-0.4, -0.2) is 35.8 Å². The highest BCUT2D eigenvalue weighted by molar-refractivity contribution is 7.15. The first-order valence-corrected chi connectivity index (χ1v) is 14.7. The number of ketones is 1. The van der Waals surface area contributed by atoms with Crippen molar-refractivity contribution in [3.8, 4) is 21.7 Å². The van der Waals surface area contributed by atoms with Crippen molar-refractivity contribution in [3.05, 3.63) is 64.7 Å². The molecule has 0 saturated carbocycles. The molecule has 5 rings (SSSR count). The van der Waals surface area contributed by atoms with Gasteiger partial charge in [0.15, 0.2) is 5.78 Å². The SMILES string of the molecule is CC1CCC(=O)NC1=O.CCc1cc(-c2nc(C3CCOCC3)sc2-c2ccccc2)ccc1C(=O)C(C)C. The van der Waals surface area contributed by atoms with Crippen LogP contribution in [0.15, 0.2) is 48.5 Å². The van der Waals surface area contributed by atoms with Crippen molar-refractivity contribution in [2.45, 2.75) is 65.7 Å². The number of thiazole rings is 1. The number of imide groups is 1. The normalized spacial score (nSPS) is 17.9. The number of Topliss-reactive ketones (excluding diaryl/α,β-unsaturated/α-hetero) is 1. The van der Waals surface area contributed by atoms with E-state index in [2.05, 4.69) is 48.6 Å². The second kappa shape index (κ2) is 13.3. The minimum absolute atomic E-state index is 0.000394. The molecule has 6 nitrogen and oxygen atoms in total. The van der Waals surface area contributed by atoms with Gasteiger partial charge in [0.05, 0.1) is 15.6 Å². The summed E-state index contributed by atoms with van der Waals surface area (Å²) in [4.78, 5) is 40.2. The molecule has 7 heteroatoms. The van der Waals surface area contributed by atoms with Gasteiger partial charge in [-0.05, 0) is 42.9 Å². The average Bonchev–Trinajstić information content (AvgIpc) is 3.41. The Morgan fingerprint density at radius 2 is 1.77 bits per heavy atom. The Balaban J connectivity index is 0.000000333. The number of carbonyl (C=O) groups is 3. The van der Waals surface area contributed by atoms with Gasteiger partial charge >= 0.3 is 0 Å². The Bertz CT molecular complexity index is 1310. The summed E-state index contributed by atoms with van der Waals surface area (Å²) in [6.45, 7) is 9.48. The topological polar surface area (TPSA) is 85.4 Å². The lowest BCUT2D eigenvalue weighted by molar-refractivity contribution is -0.135. The summed E-state index contributed by atoms with van der Waals surface area (Å²) < 4.78 is 5.56. The first-order chi connectivity index (χ1) is 18.8. The molecular formula is C32H38N2O4S. The summed E-state index contributed by atoms with van der Waals surface area (Å²) in [6.07, 6.45) is 4.09. The van der Waals surface area contributed by atoms with Gasteiger partial charge in [-0.3, -0.25) is 19.7 Å². The van der Waals surface area contributed by atoms with Gasteiger partial charge in [0, 0.05) is 48.5 Å². The average molecular weight is 547 g/mol.